The molecule has 4 heterocycles. The van der Waals surface area contributed by atoms with E-state index in [2.05, 4.69) is 25.7 Å². The van der Waals surface area contributed by atoms with E-state index < -0.39 is 17.3 Å². The Hall–Kier alpha value is -4.28. The zero-order valence-electron chi connectivity index (χ0n) is 18.0. The van der Waals surface area contributed by atoms with Crippen LogP contribution in [0.15, 0.2) is 53.7 Å². The van der Waals surface area contributed by atoms with Crippen molar-refractivity contribution >= 4 is 28.9 Å². The van der Waals surface area contributed by atoms with Gasteiger partial charge in [0.1, 0.15) is 22.9 Å². The fraction of sp³-hybridized carbons (Fsp3) is 0.227. The zero-order chi connectivity index (χ0) is 23.4. The molecular formula is C22H23FN8O2. The van der Waals surface area contributed by atoms with Crippen LogP contribution in [0.5, 0.6) is 0 Å². The Balaban J connectivity index is 0.000000586. The first kappa shape index (κ1) is 21.9. The summed E-state index contributed by atoms with van der Waals surface area (Å²) >= 11 is 0. The quantitative estimate of drug-likeness (QED) is 0.426. The van der Waals surface area contributed by atoms with Crippen LogP contribution in [0.4, 0.5) is 21.7 Å². The van der Waals surface area contributed by atoms with Gasteiger partial charge in [0, 0.05) is 25.5 Å². The van der Waals surface area contributed by atoms with Crippen molar-refractivity contribution in [2.24, 2.45) is 5.73 Å². The number of amides is 1. The maximum atomic E-state index is 14.1. The highest BCUT2D eigenvalue weighted by Gasteiger charge is 2.16. The smallest absolute Gasteiger partial charge is 0.280 e. The number of hydrogen-bond acceptors (Lipinski definition) is 7. The summed E-state index contributed by atoms with van der Waals surface area (Å²) in [4.78, 5) is 32.7. The van der Waals surface area contributed by atoms with Gasteiger partial charge >= 0.3 is 0 Å². The van der Waals surface area contributed by atoms with E-state index in [9.17, 15) is 14.0 Å². The Kier molecular flexibility index (Phi) is 6.29. The van der Waals surface area contributed by atoms with E-state index in [0.717, 1.165) is 4.57 Å². The van der Waals surface area contributed by atoms with Crippen molar-refractivity contribution in [1.29, 1.82) is 0 Å². The van der Waals surface area contributed by atoms with Crippen molar-refractivity contribution < 1.29 is 9.18 Å². The summed E-state index contributed by atoms with van der Waals surface area (Å²) in [6, 6.07) is 7.35. The first-order chi connectivity index (χ1) is 16.0. The molecule has 4 aromatic heterocycles. The molecule has 1 fully saturated rings. The van der Waals surface area contributed by atoms with E-state index in [1.54, 1.807) is 19.2 Å². The third-order valence-corrected chi connectivity index (χ3v) is 5.17. The molecule has 1 saturated carbocycles. The van der Waals surface area contributed by atoms with Crippen molar-refractivity contribution in [3.63, 3.8) is 0 Å². The number of hydrogen-bond donors (Lipinski definition) is 3. The number of pyridine rings is 2. The molecule has 0 aromatic carbocycles. The molecule has 1 aliphatic rings. The lowest BCUT2D eigenvalue weighted by Gasteiger charge is -2.11. The summed E-state index contributed by atoms with van der Waals surface area (Å²) in [5, 5.41) is 9.92. The minimum Gasteiger partial charge on any atom is -0.373 e. The lowest BCUT2D eigenvalue weighted by Crippen LogP contribution is -2.22. The predicted molar refractivity (Wildman–Crippen MR) is 123 cm³/mol. The Morgan fingerprint density at radius 1 is 1.18 bits per heavy atom. The van der Waals surface area contributed by atoms with Gasteiger partial charge in [-0.15, -0.1) is 0 Å². The standard InChI is InChI=1S/C18H15FN8O2.C4H8/c1-21-14-8-13(25-16-10(15(20)28)9-23-27(14)16)24-12-5-3-7-26(18(12)29)17-11(19)4-2-6-22-17;1-2-4-3-1/h2-9,21H,1H3,(H2,20,28)(H,24,25);1-4H2. The van der Waals surface area contributed by atoms with Gasteiger partial charge in [0.15, 0.2) is 17.3 Å². The number of nitrogens with zero attached hydrogens (tertiary/aromatic N) is 5. The maximum Gasteiger partial charge on any atom is 0.280 e. The fourth-order valence-corrected chi connectivity index (χ4v) is 3.08. The van der Waals surface area contributed by atoms with E-state index in [4.69, 9.17) is 5.73 Å². The summed E-state index contributed by atoms with van der Waals surface area (Å²) in [7, 11) is 1.67. The van der Waals surface area contributed by atoms with Crippen molar-refractivity contribution in [1.82, 2.24) is 24.1 Å². The summed E-state index contributed by atoms with van der Waals surface area (Å²) in [5.74, 6) is -0.654. The molecule has 4 N–H and O–H groups in total. The predicted octanol–water partition coefficient (Wildman–Crippen LogP) is 2.86. The van der Waals surface area contributed by atoms with Crippen LogP contribution in [-0.4, -0.2) is 37.1 Å². The first-order valence-electron chi connectivity index (χ1n) is 10.5. The molecule has 0 unspecified atom stereocenters. The number of aromatic nitrogens is 5. The molecular weight excluding hydrogens is 427 g/mol. The normalized spacial score (nSPS) is 12.4. The molecule has 1 aliphatic carbocycles. The van der Waals surface area contributed by atoms with Gasteiger partial charge in [0.25, 0.3) is 11.5 Å². The highest BCUT2D eigenvalue weighted by atomic mass is 19.1. The molecule has 1 amide bonds. The minimum atomic E-state index is -0.681. The average Bonchev–Trinajstić information content (AvgIpc) is 3.18. The average molecular weight is 450 g/mol. The van der Waals surface area contributed by atoms with Crippen molar-refractivity contribution in [3.8, 4) is 5.82 Å². The Morgan fingerprint density at radius 2 is 1.94 bits per heavy atom. The number of rotatable bonds is 5. The molecule has 0 atom stereocenters. The molecule has 10 nitrogen and oxygen atoms in total. The van der Waals surface area contributed by atoms with E-state index >= 15 is 0 Å². The van der Waals surface area contributed by atoms with Crippen molar-refractivity contribution in [3.05, 3.63) is 70.7 Å². The number of nitrogens with two attached hydrogens (primary N) is 1. The molecule has 5 rings (SSSR count). The van der Waals surface area contributed by atoms with E-state index in [-0.39, 0.29) is 28.5 Å². The Labute approximate surface area is 188 Å². The van der Waals surface area contributed by atoms with Gasteiger partial charge in [-0.2, -0.15) is 9.61 Å². The van der Waals surface area contributed by atoms with Crippen molar-refractivity contribution in [2.45, 2.75) is 25.7 Å². The SMILES string of the molecule is C1CCC1.CNc1cc(Nc2cccn(-c3ncccc3F)c2=O)nc2c(C(N)=O)cnn12. The van der Waals surface area contributed by atoms with Gasteiger partial charge in [-0.1, -0.05) is 25.7 Å². The van der Waals surface area contributed by atoms with Crippen LogP contribution < -0.4 is 21.9 Å². The summed E-state index contributed by atoms with van der Waals surface area (Å²) in [6.07, 6.45) is 10.1. The highest BCUT2D eigenvalue weighted by molar-refractivity contribution is 5.98. The molecule has 33 heavy (non-hydrogen) atoms. The minimum absolute atomic E-state index is 0.118. The van der Waals surface area contributed by atoms with Crippen LogP contribution in [0.3, 0.4) is 0 Å². The van der Waals surface area contributed by atoms with E-state index in [1.165, 1.54) is 67.0 Å². The monoisotopic (exact) mass is 450 g/mol. The van der Waals surface area contributed by atoms with Crippen LogP contribution in [0.25, 0.3) is 11.5 Å². The summed E-state index contributed by atoms with van der Waals surface area (Å²) < 4.78 is 16.6. The molecule has 0 saturated heterocycles. The molecule has 11 heteroatoms. The van der Waals surface area contributed by atoms with Crippen LogP contribution in [0, 0.1) is 5.82 Å². The molecule has 4 aromatic rings. The number of primary amides is 1. The fourth-order valence-electron chi connectivity index (χ4n) is 3.08. The molecule has 0 radical (unpaired) electrons. The van der Waals surface area contributed by atoms with Crippen LogP contribution in [0.1, 0.15) is 36.0 Å². The zero-order valence-corrected chi connectivity index (χ0v) is 18.0. The van der Waals surface area contributed by atoms with Crippen LogP contribution >= 0.6 is 0 Å². The molecule has 170 valence electrons. The summed E-state index contributed by atoms with van der Waals surface area (Å²) in [6.45, 7) is 0. The topological polar surface area (TPSA) is 132 Å². The second-order valence-electron chi connectivity index (χ2n) is 7.38. The van der Waals surface area contributed by atoms with Crippen molar-refractivity contribution in [2.75, 3.05) is 17.7 Å². The van der Waals surface area contributed by atoms with Gasteiger partial charge < -0.3 is 16.4 Å². The van der Waals surface area contributed by atoms with Gasteiger partial charge in [0.2, 0.25) is 0 Å². The molecule has 0 aliphatic heterocycles. The van der Waals surface area contributed by atoms with Gasteiger partial charge in [-0.3, -0.25) is 14.2 Å². The summed E-state index contributed by atoms with van der Waals surface area (Å²) in [5.41, 5.74) is 5.33. The Bertz CT molecular complexity index is 1360. The maximum absolute atomic E-state index is 14.1. The third-order valence-electron chi connectivity index (χ3n) is 5.17. The second kappa shape index (κ2) is 9.47. The molecule has 0 spiro atoms. The number of anilines is 3. The van der Waals surface area contributed by atoms with Gasteiger partial charge in [-0.25, -0.2) is 14.4 Å². The number of carbonyl (C=O) groups is 1. The van der Waals surface area contributed by atoms with Gasteiger partial charge in [-0.05, 0) is 24.3 Å². The molecule has 0 bridgehead atoms. The number of nitrogens with one attached hydrogen (secondary N) is 2. The lowest BCUT2D eigenvalue weighted by atomic mass is 10.0. The number of carbonyl (C=O) groups excluding carboxylic acids is 1. The highest BCUT2D eigenvalue weighted by Crippen LogP contribution is 2.21. The third kappa shape index (κ3) is 4.52. The van der Waals surface area contributed by atoms with E-state index in [1.807, 2.05) is 0 Å². The number of fused-ring (bicyclic) bond motifs is 1. The van der Waals surface area contributed by atoms with Crippen LogP contribution in [0.2, 0.25) is 0 Å². The first-order valence-corrected chi connectivity index (χ1v) is 10.5. The largest absolute Gasteiger partial charge is 0.373 e. The van der Waals surface area contributed by atoms with Crippen LogP contribution in [-0.2, 0) is 0 Å². The van der Waals surface area contributed by atoms with E-state index in [0.29, 0.717) is 5.82 Å². The second-order valence-corrected chi connectivity index (χ2v) is 7.38. The lowest BCUT2D eigenvalue weighted by molar-refractivity contribution is 0.100. The number of halogens is 1. The Morgan fingerprint density at radius 3 is 2.58 bits per heavy atom. The van der Waals surface area contributed by atoms with Gasteiger partial charge in [0.05, 0.1) is 6.20 Å².